The van der Waals surface area contributed by atoms with Crippen molar-refractivity contribution in [2.45, 2.75) is 25.2 Å². The highest BCUT2D eigenvalue weighted by Crippen LogP contribution is 2.40. The summed E-state index contributed by atoms with van der Waals surface area (Å²) in [5.41, 5.74) is -3.64. The molecule has 0 fully saturated rings. The Morgan fingerprint density at radius 1 is 1.03 bits per heavy atom. The van der Waals surface area contributed by atoms with Gasteiger partial charge in [0, 0.05) is 11.1 Å². The molecule has 2 aromatic carbocycles. The molecule has 10 heteroatoms. The van der Waals surface area contributed by atoms with E-state index in [2.05, 4.69) is 15.9 Å². The molecule has 1 nitrogen and oxygen atoms in total. The smallest absolute Gasteiger partial charge is 0.294 e. The molecule has 0 saturated heterocycles. The molecule has 0 saturated carbocycles. The summed E-state index contributed by atoms with van der Waals surface area (Å²) in [5.74, 6) is -6.16. The highest BCUT2D eigenvalue weighted by atomic mass is 79.9. The minimum absolute atomic E-state index is 0.0611. The minimum Gasteiger partial charge on any atom is -0.294 e. The third-order valence-corrected chi connectivity index (χ3v) is 4.59. The molecule has 29 heavy (non-hydrogen) atoms. The van der Waals surface area contributed by atoms with Gasteiger partial charge in [0.15, 0.2) is 5.78 Å². The van der Waals surface area contributed by atoms with Crippen LogP contribution < -0.4 is 0 Å². The van der Waals surface area contributed by atoms with Crippen LogP contribution in [0, 0.1) is 5.82 Å². The average molecular weight is 487 g/mol. The van der Waals surface area contributed by atoms with Crippen LogP contribution in [0.5, 0.6) is 0 Å². The molecule has 1 atom stereocenters. The SMILES string of the molecule is CC(=O)c1ccc(/C(F)=C/C(c2ccc(Br)c(F)c2)C(F)(F)F)cc1C(F)(F)F. The minimum atomic E-state index is -5.04. The van der Waals surface area contributed by atoms with E-state index in [1.165, 1.54) is 0 Å². The monoisotopic (exact) mass is 486 g/mol. The number of ketones is 1. The van der Waals surface area contributed by atoms with Crippen molar-refractivity contribution < 1.29 is 39.9 Å². The standard InChI is InChI=1S/C19H11BrF8O/c1-9(29)12-4-2-11(6-14(12)19(26,27)28)16(21)8-13(18(23,24)25)10-3-5-15(20)17(22)7-10/h2-8,13H,1H3/b16-8-. The molecule has 0 spiro atoms. The summed E-state index contributed by atoms with van der Waals surface area (Å²) >= 11 is 2.78. The molecule has 1 unspecified atom stereocenters. The van der Waals surface area contributed by atoms with Crippen LogP contribution >= 0.6 is 15.9 Å². The maximum absolute atomic E-state index is 14.5. The first-order valence-corrected chi connectivity index (χ1v) is 8.62. The second kappa shape index (κ2) is 8.25. The highest BCUT2D eigenvalue weighted by molar-refractivity contribution is 9.10. The predicted octanol–water partition coefficient (Wildman–Crippen LogP) is 7.47. The molecule has 0 bridgehead atoms. The van der Waals surface area contributed by atoms with E-state index in [-0.39, 0.29) is 16.6 Å². The number of carbonyl (C=O) groups excluding carboxylic acids is 1. The number of benzene rings is 2. The Kier molecular flexibility index (Phi) is 6.56. The summed E-state index contributed by atoms with van der Waals surface area (Å²) in [6.45, 7) is 0.873. The van der Waals surface area contributed by atoms with Crippen molar-refractivity contribution in [3.8, 4) is 0 Å². The van der Waals surface area contributed by atoms with Gasteiger partial charge in [-0.2, -0.15) is 26.3 Å². The van der Waals surface area contributed by atoms with Crippen molar-refractivity contribution in [1.82, 2.24) is 0 Å². The Bertz CT molecular complexity index is 960. The summed E-state index contributed by atoms with van der Waals surface area (Å²) in [6.07, 6.45) is -10.00. The van der Waals surface area contributed by atoms with Crippen LogP contribution in [0.4, 0.5) is 35.1 Å². The molecule has 0 radical (unpaired) electrons. The second-order valence-electron chi connectivity index (χ2n) is 6.02. The number of Topliss-reactive ketones (excluding diaryl/α,β-unsaturated/α-hetero) is 1. The molecule has 0 heterocycles. The highest BCUT2D eigenvalue weighted by Gasteiger charge is 2.40. The summed E-state index contributed by atoms with van der Waals surface area (Å²) in [7, 11) is 0. The Balaban J connectivity index is 2.58. The fraction of sp³-hybridized carbons (Fsp3) is 0.211. The zero-order chi connectivity index (χ0) is 22.1. The van der Waals surface area contributed by atoms with Crippen LogP contribution in [0.2, 0.25) is 0 Å². The third-order valence-electron chi connectivity index (χ3n) is 3.95. The Morgan fingerprint density at radius 2 is 1.66 bits per heavy atom. The van der Waals surface area contributed by atoms with E-state index < -0.39 is 58.0 Å². The summed E-state index contributed by atoms with van der Waals surface area (Å²) in [6, 6.07) is 4.18. The van der Waals surface area contributed by atoms with Crippen molar-refractivity contribution in [1.29, 1.82) is 0 Å². The number of halogens is 9. The Labute approximate surface area is 168 Å². The van der Waals surface area contributed by atoms with Crippen LogP contribution in [-0.2, 0) is 6.18 Å². The number of rotatable bonds is 4. The number of hydrogen-bond acceptors (Lipinski definition) is 1. The van der Waals surface area contributed by atoms with E-state index in [0.29, 0.717) is 12.1 Å². The lowest BCUT2D eigenvalue weighted by Gasteiger charge is -2.18. The number of alkyl halides is 6. The van der Waals surface area contributed by atoms with E-state index in [4.69, 9.17) is 0 Å². The van der Waals surface area contributed by atoms with Crippen molar-refractivity contribution >= 4 is 27.5 Å². The molecule has 2 aromatic rings. The first-order valence-electron chi connectivity index (χ1n) is 7.83. The van der Waals surface area contributed by atoms with Gasteiger partial charge in [0.1, 0.15) is 17.6 Å². The first kappa shape index (κ1) is 23.1. The number of allylic oxidation sites excluding steroid dienone is 1. The van der Waals surface area contributed by atoms with Gasteiger partial charge in [-0.25, -0.2) is 8.78 Å². The molecule has 0 amide bonds. The number of hydrogen-bond donors (Lipinski definition) is 0. The lowest BCUT2D eigenvalue weighted by molar-refractivity contribution is -0.140. The lowest BCUT2D eigenvalue weighted by atomic mass is 9.95. The van der Waals surface area contributed by atoms with Gasteiger partial charge in [-0.3, -0.25) is 4.79 Å². The van der Waals surface area contributed by atoms with Gasteiger partial charge in [0.25, 0.3) is 0 Å². The van der Waals surface area contributed by atoms with E-state index in [1.54, 1.807) is 0 Å². The van der Waals surface area contributed by atoms with Gasteiger partial charge in [-0.05, 0) is 52.7 Å². The fourth-order valence-electron chi connectivity index (χ4n) is 2.56. The fourth-order valence-corrected chi connectivity index (χ4v) is 2.81. The third kappa shape index (κ3) is 5.43. The molecule has 2 rings (SSSR count). The topological polar surface area (TPSA) is 17.1 Å². The summed E-state index contributed by atoms with van der Waals surface area (Å²) in [4.78, 5) is 11.4. The van der Waals surface area contributed by atoms with Crippen molar-refractivity contribution in [3.05, 3.63) is 75.0 Å². The second-order valence-corrected chi connectivity index (χ2v) is 6.88. The van der Waals surface area contributed by atoms with Gasteiger partial charge in [-0.1, -0.05) is 18.2 Å². The number of carbonyl (C=O) groups is 1. The van der Waals surface area contributed by atoms with E-state index in [9.17, 15) is 39.9 Å². The summed E-state index contributed by atoms with van der Waals surface area (Å²) < 4.78 is 108. The van der Waals surface area contributed by atoms with Gasteiger partial charge in [-0.15, -0.1) is 0 Å². The van der Waals surface area contributed by atoms with E-state index in [0.717, 1.165) is 25.1 Å². The van der Waals surface area contributed by atoms with Gasteiger partial charge in [0.05, 0.1) is 10.0 Å². The normalized spacial score (nSPS) is 14.1. The molecule has 0 aliphatic carbocycles. The Morgan fingerprint density at radius 3 is 2.14 bits per heavy atom. The van der Waals surface area contributed by atoms with Crippen molar-refractivity contribution in [2.75, 3.05) is 0 Å². The molecule has 156 valence electrons. The van der Waals surface area contributed by atoms with Crippen molar-refractivity contribution in [3.63, 3.8) is 0 Å². The van der Waals surface area contributed by atoms with Crippen LogP contribution in [0.3, 0.4) is 0 Å². The molecular formula is C19H11BrF8O. The quantitative estimate of drug-likeness (QED) is 0.323. The zero-order valence-corrected chi connectivity index (χ0v) is 16.0. The Hall–Kier alpha value is -2.23. The maximum Gasteiger partial charge on any atom is 0.417 e. The largest absolute Gasteiger partial charge is 0.417 e. The first-order chi connectivity index (χ1) is 13.2. The molecular weight excluding hydrogens is 476 g/mol. The lowest BCUT2D eigenvalue weighted by Crippen LogP contribution is -2.19. The molecule has 0 aromatic heterocycles. The van der Waals surface area contributed by atoms with Crippen LogP contribution in [0.15, 0.2) is 46.9 Å². The average Bonchev–Trinajstić information content (AvgIpc) is 2.59. The van der Waals surface area contributed by atoms with Crippen molar-refractivity contribution in [2.24, 2.45) is 0 Å². The van der Waals surface area contributed by atoms with Crippen LogP contribution in [-0.4, -0.2) is 12.0 Å². The van der Waals surface area contributed by atoms with Crippen LogP contribution in [0.1, 0.15) is 39.9 Å². The zero-order valence-electron chi connectivity index (χ0n) is 14.4. The molecule has 0 aliphatic rings. The molecule has 0 aliphatic heterocycles. The van der Waals surface area contributed by atoms with Crippen LogP contribution in [0.25, 0.3) is 5.83 Å². The van der Waals surface area contributed by atoms with Gasteiger partial charge in [0.2, 0.25) is 0 Å². The molecule has 0 N–H and O–H groups in total. The summed E-state index contributed by atoms with van der Waals surface area (Å²) in [5, 5.41) is 0. The predicted molar refractivity (Wildman–Crippen MR) is 93.4 cm³/mol. The van der Waals surface area contributed by atoms with Gasteiger partial charge >= 0.3 is 12.4 Å². The van der Waals surface area contributed by atoms with Gasteiger partial charge < -0.3 is 0 Å². The van der Waals surface area contributed by atoms with E-state index in [1.807, 2.05) is 0 Å². The van der Waals surface area contributed by atoms with E-state index >= 15 is 0 Å². The maximum atomic E-state index is 14.5.